The lowest BCUT2D eigenvalue weighted by Crippen LogP contribution is -2.61. The number of hydrogen-bond acceptors (Lipinski definition) is 7. The van der Waals surface area contributed by atoms with E-state index in [4.69, 9.17) is 14.7 Å². The maximum Gasteiger partial charge on any atom is 0.245 e. The molecule has 0 atom stereocenters. The zero-order valence-electron chi connectivity index (χ0n) is 28.1. The normalized spacial score (nSPS) is 20.2. The fraction of sp³-hybridized carbons (Fsp3) is 0.526. The first-order valence-corrected chi connectivity index (χ1v) is 17.6. The number of piperidine rings is 2. The van der Waals surface area contributed by atoms with Crippen LogP contribution in [0.25, 0.3) is 32.9 Å². The number of anilines is 1. The van der Waals surface area contributed by atoms with Gasteiger partial charge in [0.25, 0.3) is 0 Å². The van der Waals surface area contributed by atoms with Crippen LogP contribution in [0.3, 0.4) is 0 Å². The summed E-state index contributed by atoms with van der Waals surface area (Å²) in [5.41, 5.74) is 6.98. The standard InChI is InChI=1S/C38H47N7O2/c1-5-26-19-28-34(35(47-21-25-8-9-25)33(26)32-24(3)7-10-30-29(32)20-39-42-30)40-36(27-11-15-43(4)16-12-27)41-37(28)44-17-13-38(14-18-44)22-45(23-38)31(46)6-2/h6-7,10,19-20,25,27H,2,5,8-9,11-18,21-23H2,1,3-4H3,(H,39,42). The molecule has 8 rings (SSSR count). The molecular weight excluding hydrogens is 586 g/mol. The summed E-state index contributed by atoms with van der Waals surface area (Å²) in [5.74, 6) is 3.89. The first kappa shape index (κ1) is 30.4. The molecule has 4 aliphatic rings. The molecule has 4 aromatic rings. The van der Waals surface area contributed by atoms with E-state index in [1.807, 2.05) is 11.1 Å². The zero-order valence-corrected chi connectivity index (χ0v) is 28.1. The summed E-state index contributed by atoms with van der Waals surface area (Å²) < 4.78 is 6.96. The highest BCUT2D eigenvalue weighted by atomic mass is 16.5. The Morgan fingerprint density at radius 1 is 1.06 bits per heavy atom. The first-order valence-electron chi connectivity index (χ1n) is 17.6. The third kappa shape index (κ3) is 5.46. The van der Waals surface area contributed by atoms with Gasteiger partial charge in [0.15, 0.2) is 5.75 Å². The molecule has 1 aliphatic carbocycles. The minimum atomic E-state index is 0.0468. The monoisotopic (exact) mass is 633 g/mol. The molecule has 9 heteroatoms. The molecule has 5 heterocycles. The summed E-state index contributed by atoms with van der Waals surface area (Å²) in [7, 11) is 2.21. The highest BCUT2D eigenvalue weighted by molar-refractivity contribution is 6.05. The number of likely N-dealkylation sites (tertiary alicyclic amines) is 2. The van der Waals surface area contributed by atoms with Gasteiger partial charge in [0.2, 0.25) is 5.91 Å². The Morgan fingerprint density at radius 2 is 1.83 bits per heavy atom. The van der Waals surface area contributed by atoms with Crippen molar-refractivity contribution in [2.24, 2.45) is 11.3 Å². The molecule has 2 aromatic heterocycles. The summed E-state index contributed by atoms with van der Waals surface area (Å²) in [6.45, 7) is 14.5. The molecule has 0 radical (unpaired) electrons. The van der Waals surface area contributed by atoms with Gasteiger partial charge in [-0.15, -0.1) is 0 Å². The predicted molar refractivity (Wildman–Crippen MR) is 187 cm³/mol. The number of rotatable bonds is 8. The third-order valence-corrected chi connectivity index (χ3v) is 11.4. The number of benzene rings is 2. The average molecular weight is 634 g/mol. The molecule has 1 saturated carbocycles. The van der Waals surface area contributed by atoms with Crippen molar-refractivity contribution in [3.8, 4) is 16.9 Å². The summed E-state index contributed by atoms with van der Waals surface area (Å²) >= 11 is 0. The number of ether oxygens (including phenoxy) is 1. The quantitative estimate of drug-likeness (QED) is 0.229. The lowest BCUT2D eigenvalue weighted by Gasteiger charge is -2.54. The second kappa shape index (κ2) is 11.9. The third-order valence-electron chi connectivity index (χ3n) is 11.4. The number of H-pyrrole nitrogens is 1. The minimum absolute atomic E-state index is 0.0468. The number of amides is 1. The Labute approximate surface area is 277 Å². The summed E-state index contributed by atoms with van der Waals surface area (Å²) in [5, 5.41) is 9.84. The molecular formula is C38H47N7O2. The van der Waals surface area contributed by atoms with E-state index in [0.29, 0.717) is 18.4 Å². The second-order valence-corrected chi connectivity index (χ2v) is 14.7. The highest BCUT2D eigenvalue weighted by Gasteiger charge is 2.46. The van der Waals surface area contributed by atoms with Gasteiger partial charge >= 0.3 is 0 Å². The van der Waals surface area contributed by atoms with Crippen LogP contribution in [0.15, 0.2) is 37.1 Å². The minimum Gasteiger partial charge on any atom is -0.490 e. The summed E-state index contributed by atoms with van der Waals surface area (Å²) in [6, 6.07) is 6.67. The van der Waals surface area contributed by atoms with Crippen molar-refractivity contribution in [3.05, 3.63) is 54.0 Å². The van der Waals surface area contributed by atoms with Crippen molar-refractivity contribution >= 4 is 33.5 Å². The van der Waals surface area contributed by atoms with Crippen molar-refractivity contribution in [2.75, 3.05) is 57.8 Å². The Bertz CT molecular complexity index is 1840. The Hall–Kier alpha value is -3.98. The van der Waals surface area contributed by atoms with Gasteiger partial charge in [-0.25, -0.2) is 9.97 Å². The van der Waals surface area contributed by atoms with Crippen LogP contribution in [0.2, 0.25) is 0 Å². The SMILES string of the molecule is C=CC(=O)N1CC2(CCN(c3nc(C4CCN(C)CC4)nc4c(OCC5CC5)c(-c5c(C)ccc6[nH]ncc56)c(CC)cc34)CC2)C1. The molecule has 4 fully saturated rings. The van der Waals surface area contributed by atoms with E-state index in [-0.39, 0.29) is 11.3 Å². The summed E-state index contributed by atoms with van der Waals surface area (Å²) in [4.78, 5) is 30.0. The Balaban J connectivity index is 1.28. The van der Waals surface area contributed by atoms with Crippen LogP contribution in [0.4, 0.5) is 5.82 Å². The summed E-state index contributed by atoms with van der Waals surface area (Å²) in [6.07, 6.45) is 10.9. The molecule has 1 N–H and O–H groups in total. The van der Waals surface area contributed by atoms with E-state index >= 15 is 0 Å². The van der Waals surface area contributed by atoms with Gasteiger partial charge in [0.05, 0.1) is 18.3 Å². The average Bonchev–Trinajstić information content (AvgIpc) is 3.79. The van der Waals surface area contributed by atoms with Crippen LogP contribution in [0.5, 0.6) is 5.75 Å². The molecule has 47 heavy (non-hydrogen) atoms. The Kier molecular flexibility index (Phi) is 7.70. The molecule has 0 unspecified atom stereocenters. The van der Waals surface area contributed by atoms with Crippen LogP contribution in [-0.4, -0.2) is 88.8 Å². The maximum atomic E-state index is 12.2. The molecule has 9 nitrogen and oxygen atoms in total. The fourth-order valence-corrected chi connectivity index (χ4v) is 8.18. The smallest absolute Gasteiger partial charge is 0.245 e. The molecule has 3 saturated heterocycles. The molecule has 3 aliphatic heterocycles. The van der Waals surface area contributed by atoms with Gasteiger partial charge in [0.1, 0.15) is 17.2 Å². The topological polar surface area (TPSA) is 90.5 Å². The largest absolute Gasteiger partial charge is 0.490 e. The van der Waals surface area contributed by atoms with Crippen LogP contribution in [0.1, 0.15) is 68.3 Å². The van der Waals surface area contributed by atoms with Gasteiger partial charge in [0, 0.05) is 53.8 Å². The van der Waals surface area contributed by atoms with E-state index < -0.39 is 0 Å². The molecule has 246 valence electrons. The zero-order chi connectivity index (χ0) is 32.3. The van der Waals surface area contributed by atoms with Crippen LogP contribution in [-0.2, 0) is 11.2 Å². The number of carbonyl (C=O) groups excluding carboxylic acids is 1. The predicted octanol–water partition coefficient (Wildman–Crippen LogP) is 6.26. The van der Waals surface area contributed by atoms with E-state index in [9.17, 15) is 4.79 Å². The second-order valence-electron chi connectivity index (χ2n) is 14.7. The number of fused-ring (bicyclic) bond motifs is 2. The number of nitrogens with zero attached hydrogens (tertiary/aromatic N) is 6. The first-order chi connectivity index (χ1) is 22.9. The van der Waals surface area contributed by atoms with Crippen LogP contribution >= 0.6 is 0 Å². The van der Waals surface area contributed by atoms with E-state index in [2.05, 4.69) is 65.7 Å². The Morgan fingerprint density at radius 3 is 2.53 bits per heavy atom. The van der Waals surface area contributed by atoms with Gasteiger partial charge in [-0.1, -0.05) is 19.6 Å². The van der Waals surface area contributed by atoms with E-state index in [0.717, 1.165) is 116 Å². The van der Waals surface area contributed by atoms with Crippen LogP contribution in [0, 0.1) is 18.3 Å². The van der Waals surface area contributed by atoms with Gasteiger partial charge in [-0.3, -0.25) is 9.89 Å². The van der Waals surface area contributed by atoms with Crippen molar-refractivity contribution in [1.82, 2.24) is 30.0 Å². The lowest BCUT2D eigenvalue weighted by atomic mass is 9.72. The van der Waals surface area contributed by atoms with Gasteiger partial charge in [-0.2, -0.15) is 5.10 Å². The van der Waals surface area contributed by atoms with Crippen molar-refractivity contribution in [1.29, 1.82) is 0 Å². The molecule has 2 aromatic carbocycles. The van der Waals surface area contributed by atoms with Crippen LogP contribution < -0.4 is 9.64 Å². The number of aromatic amines is 1. The number of carbonyl (C=O) groups is 1. The van der Waals surface area contributed by atoms with Crippen molar-refractivity contribution in [2.45, 2.75) is 64.7 Å². The van der Waals surface area contributed by atoms with Crippen molar-refractivity contribution in [3.63, 3.8) is 0 Å². The maximum absolute atomic E-state index is 12.2. The molecule has 1 amide bonds. The highest BCUT2D eigenvalue weighted by Crippen LogP contribution is 2.48. The molecule has 0 bridgehead atoms. The number of aromatic nitrogens is 4. The van der Waals surface area contributed by atoms with E-state index in [1.165, 1.54) is 35.6 Å². The van der Waals surface area contributed by atoms with Gasteiger partial charge < -0.3 is 19.4 Å². The van der Waals surface area contributed by atoms with Gasteiger partial charge in [-0.05, 0) is 113 Å². The molecule has 1 spiro atoms. The number of nitrogens with one attached hydrogen (secondary N) is 1. The van der Waals surface area contributed by atoms with E-state index in [1.54, 1.807) is 0 Å². The number of hydrogen-bond donors (Lipinski definition) is 1. The van der Waals surface area contributed by atoms with Crippen molar-refractivity contribution < 1.29 is 9.53 Å². The lowest BCUT2D eigenvalue weighted by molar-refractivity contribution is -0.139. The number of aryl methyl sites for hydroxylation is 2. The fourth-order valence-electron chi connectivity index (χ4n) is 8.18.